The molecule has 7 heteroatoms. The highest BCUT2D eigenvalue weighted by molar-refractivity contribution is 6.28. The summed E-state index contributed by atoms with van der Waals surface area (Å²) in [5.74, 6) is -1.92. The predicted molar refractivity (Wildman–Crippen MR) is 58.3 cm³/mol. The van der Waals surface area contributed by atoms with Crippen molar-refractivity contribution in [1.82, 2.24) is 5.32 Å². The molecule has 0 atom stereocenters. The Labute approximate surface area is 97.3 Å². The predicted octanol–water partition coefficient (Wildman–Crippen LogP) is 0.999. The van der Waals surface area contributed by atoms with Gasteiger partial charge in [-0.25, -0.2) is 9.59 Å². The smallest absolute Gasteiger partial charge is 0.350 e. The van der Waals surface area contributed by atoms with E-state index in [2.05, 4.69) is 16.3 Å². The summed E-state index contributed by atoms with van der Waals surface area (Å²) >= 11 is 5.15. The number of alkyl halides is 1. The van der Waals surface area contributed by atoms with Gasteiger partial charge in [-0.15, -0.1) is 11.6 Å². The van der Waals surface area contributed by atoms with Gasteiger partial charge in [0.05, 0.1) is 0 Å². The number of rotatable bonds is 2. The summed E-state index contributed by atoms with van der Waals surface area (Å²) in [5.41, 5.74) is 0.173. The van der Waals surface area contributed by atoms with Gasteiger partial charge in [-0.3, -0.25) is 10.1 Å². The molecule has 3 amide bonds. The largest absolute Gasteiger partial charge is 0.408 e. The lowest BCUT2D eigenvalue weighted by Gasteiger charge is -2.02. The molecule has 1 N–H and O–H groups in total. The molecular weight excluding hydrogens is 236 g/mol. The van der Waals surface area contributed by atoms with Crippen LogP contribution in [-0.2, 0) is 14.3 Å². The van der Waals surface area contributed by atoms with Crippen molar-refractivity contribution in [2.24, 2.45) is 4.99 Å². The topological polar surface area (TPSA) is 84.8 Å². The van der Waals surface area contributed by atoms with Crippen molar-refractivity contribution in [3.63, 3.8) is 0 Å². The number of imide groups is 1. The molecule has 0 saturated heterocycles. The van der Waals surface area contributed by atoms with E-state index in [9.17, 15) is 14.4 Å². The highest BCUT2D eigenvalue weighted by atomic mass is 35.5. The Bertz CT molecular complexity index is 363. The molecule has 0 aromatic rings. The van der Waals surface area contributed by atoms with E-state index in [0.717, 1.165) is 0 Å². The number of urea groups is 1. The van der Waals surface area contributed by atoms with Crippen LogP contribution in [0.1, 0.15) is 13.8 Å². The van der Waals surface area contributed by atoms with Crippen molar-refractivity contribution in [2.45, 2.75) is 13.8 Å². The molecule has 0 spiro atoms. The van der Waals surface area contributed by atoms with Crippen LogP contribution in [0, 0.1) is 0 Å². The number of nitrogens with one attached hydrogen (secondary N) is 1. The maximum Gasteiger partial charge on any atom is 0.350 e. The number of hydrogen-bond acceptors (Lipinski definition) is 4. The lowest BCUT2D eigenvalue weighted by atomic mass is 10.4. The zero-order chi connectivity index (χ0) is 12.7. The minimum atomic E-state index is -0.947. The van der Waals surface area contributed by atoms with E-state index in [-0.39, 0.29) is 17.4 Å². The van der Waals surface area contributed by atoms with Crippen LogP contribution in [0.4, 0.5) is 4.79 Å². The van der Waals surface area contributed by atoms with E-state index in [1.807, 2.05) is 5.32 Å². The number of nitrogens with zero attached hydrogens (tertiary/aromatic N) is 1. The molecule has 0 saturated carbocycles. The zero-order valence-electron chi connectivity index (χ0n) is 8.87. The first kappa shape index (κ1) is 14.3. The first-order valence-corrected chi connectivity index (χ1v) is 4.73. The van der Waals surface area contributed by atoms with Crippen LogP contribution >= 0.6 is 11.6 Å². The molecule has 6 nitrogen and oxygen atoms in total. The van der Waals surface area contributed by atoms with E-state index < -0.39 is 17.9 Å². The van der Waals surface area contributed by atoms with E-state index >= 15 is 0 Å². The van der Waals surface area contributed by atoms with Crippen molar-refractivity contribution in [3.05, 3.63) is 12.2 Å². The summed E-state index contributed by atoms with van der Waals surface area (Å²) < 4.78 is 4.60. The second-order valence-corrected chi connectivity index (χ2v) is 3.05. The molecule has 0 rings (SSSR count). The minimum Gasteiger partial charge on any atom is -0.408 e. The second-order valence-electron chi connectivity index (χ2n) is 2.79. The summed E-state index contributed by atoms with van der Waals surface area (Å²) in [5, 5.41) is 1.85. The Kier molecular flexibility index (Phi) is 6.02. The van der Waals surface area contributed by atoms with Crippen LogP contribution in [0.5, 0.6) is 0 Å². The van der Waals surface area contributed by atoms with Gasteiger partial charge < -0.3 is 4.74 Å². The Hall–Kier alpha value is -1.69. The molecule has 0 unspecified atom stereocenters. The molecule has 0 bridgehead atoms. The standard InChI is InChI=1S/C9H11ClN2O4/c1-5(2)8(14)16-6(3)11-9(15)12-7(13)4-10/h1,4H2,2-3H3,(H,12,13,15)/b11-6-. The SMILES string of the molecule is C=C(C)C(=O)O/C(C)=N\C(=O)NC(=O)CCl. The number of esters is 1. The summed E-state index contributed by atoms with van der Waals surface area (Å²) in [6.45, 7) is 6.10. The van der Waals surface area contributed by atoms with E-state index in [1.54, 1.807) is 0 Å². The fourth-order valence-corrected chi connectivity index (χ4v) is 0.635. The van der Waals surface area contributed by atoms with Gasteiger partial charge in [0.15, 0.2) is 5.90 Å². The quantitative estimate of drug-likeness (QED) is 0.259. The van der Waals surface area contributed by atoms with Crippen molar-refractivity contribution < 1.29 is 19.1 Å². The number of ether oxygens (including phenoxy) is 1. The number of hydrogen-bond donors (Lipinski definition) is 1. The number of halogens is 1. The Morgan fingerprint density at radius 1 is 1.38 bits per heavy atom. The van der Waals surface area contributed by atoms with Gasteiger partial charge in [-0.1, -0.05) is 6.58 Å². The third kappa shape index (κ3) is 5.92. The fraction of sp³-hybridized carbons (Fsp3) is 0.333. The van der Waals surface area contributed by atoms with Crippen molar-refractivity contribution in [3.8, 4) is 0 Å². The van der Waals surface area contributed by atoms with Crippen molar-refractivity contribution >= 4 is 35.4 Å². The van der Waals surface area contributed by atoms with Crippen LogP contribution < -0.4 is 5.32 Å². The molecule has 0 heterocycles. The van der Waals surface area contributed by atoms with Gasteiger partial charge in [0.25, 0.3) is 0 Å². The number of carbonyl (C=O) groups excluding carboxylic acids is 3. The van der Waals surface area contributed by atoms with Crippen LogP contribution in [-0.4, -0.2) is 29.7 Å². The van der Waals surface area contributed by atoms with Crippen molar-refractivity contribution in [2.75, 3.05) is 5.88 Å². The van der Waals surface area contributed by atoms with Gasteiger partial charge in [0.1, 0.15) is 5.88 Å². The molecule has 0 aliphatic carbocycles. The molecule has 0 aliphatic rings. The fourth-order valence-electron chi connectivity index (χ4n) is 0.568. The van der Waals surface area contributed by atoms with Crippen LogP contribution in [0.2, 0.25) is 0 Å². The number of amides is 3. The average molecular weight is 247 g/mol. The summed E-state index contributed by atoms with van der Waals surface area (Å²) in [7, 11) is 0. The summed E-state index contributed by atoms with van der Waals surface area (Å²) in [4.78, 5) is 35.9. The Balaban J connectivity index is 4.32. The van der Waals surface area contributed by atoms with Crippen molar-refractivity contribution in [1.29, 1.82) is 0 Å². The molecule has 0 radical (unpaired) electrons. The zero-order valence-corrected chi connectivity index (χ0v) is 9.63. The summed E-state index contributed by atoms with van der Waals surface area (Å²) in [6, 6.07) is -0.947. The third-order valence-corrected chi connectivity index (χ3v) is 1.46. The average Bonchev–Trinajstić information content (AvgIpc) is 2.16. The van der Waals surface area contributed by atoms with Crippen LogP contribution in [0.15, 0.2) is 17.1 Å². The normalized spacial score (nSPS) is 10.6. The first-order valence-electron chi connectivity index (χ1n) is 4.19. The lowest BCUT2D eigenvalue weighted by molar-refractivity contribution is -0.131. The number of carbonyl (C=O) groups is 3. The van der Waals surface area contributed by atoms with Gasteiger partial charge in [0, 0.05) is 12.5 Å². The Morgan fingerprint density at radius 2 is 1.94 bits per heavy atom. The highest BCUT2D eigenvalue weighted by Crippen LogP contribution is 1.94. The van der Waals surface area contributed by atoms with E-state index in [1.165, 1.54) is 13.8 Å². The lowest BCUT2D eigenvalue weighted by Crippen LogP contribution is -2.29. The van der Waals surface area contributed by atoms with Crippen LogP contribution in [0.3, 0.4) is 0 Å². The third-order valence-electron chi connectivity index (χ3n) is 1.22. The molecule has 0 aliphatic heterocycles. The molecule has 0 aromatic heterocycles. The molecule has 16 heavy (non-hydrogen) atoms. The molecule has 0 fully saturated rings. The van der Waals surface area contributed by atoms with Gasteiger partial charge in [-0.2, -0.15) is 4.99 Å². The van der Waals surface area contributed by atoms with E-state index in [4.69, 9.17) is 11.6 Å². The monoisotopic (exact) mass is 246 g/mol. The summed E-state index contributed by atoms with van der Waals surface area (Å²) in [6.07, 6.45) is 0. The maximum atomic E-state index is 11.0. The Morgan fingerprint density at radius 3 is 2.38 bits per heavy atom. The highest BCUT2D eigenvalue weighted by Gasteiger charge is 2.09. The first-order chi connectivity index (χ1) is 7.36. The minimum absolute atomic E-state index is 0.173. The van der Waals surface area contributed by atoms with Gasteiger partial charge >= 0.3 is 12.0 Å². The second kappa shape index (κ2) is 6.73. The molecule has 88 valence electrons. The van der Waals surface area contributed by atoms with E-state index in [0.29, 0.717) is 0 Å². The van der Waals surface area contributed by atoms with Crippen LogP contribution in [0.25, 0.3) is 0 Å². The molecule has 0 aromatic carbocycles. The molecular formula is C9H11ClN2O4. The number of aliphatic imine (C=N–C) groups is 1. The maximum absolute atomic E-state index is 11.0. The van der Waals surface area contributed by atoms with Gasteiger partial charge in [0.2, 0.25) is 5.91 Å². The van der Waals surface area contributed by atoms with Gasteiger partial charge in [-0.05, 0) is 6.92 Å².